The number of nitrogens with one attached hydrogen (secondary N) is 1. The van der Waals surface area contributed by atoms with E-state index in [1.54, 1.807) is 6.07 Å². The highest BCUT2D eigenvalue weighted by Gasteiger charge is 2.30. The third-order valence-corrected chi connectivity index (χ3v) is 3.89. The summed E-state index contributed by atoms with van der Waals surface area (Å²) < 4.78 is 37.9. The first kappa shape index (κ1) is 16.6. The fraction of sp³-hybridized carbons (Fsp3) is 0.533. The lowest BCUT2D eigenvalue weighted by Gasteiger charge is -2.31. The standard InChI is InChI=1S/C15H19F3N2O2/c16-15(17,18)12-3-1-2-11(10-12)4-7-20-8-5-13(6-9-20)19-14(21)22/h1-3,10,13,19H,4-9H2,(H,21,22). The Morgan fingerprint density at radius 3 is 2.59 bits per heavy atom. The molecule has 2 rings (SSSR count). The van der Waals surface area contributed by atoms with E-state index in [-0.39, 0.29) is 6.04 Å². The summed E-state index contributed by atoms with van der Waals surface area (Å²) in [4.78, 5) is 12.7. The molecular formula is C15H19F3N2O2. The molecule has 0 spiro atoms. The normalized spacial score (nSPS) is 17.4. The molecule has 1 aliphatic rings. The number of carboxylic acid groups (broad SMARTS) is 1. The van der Waals surface area contributed by atoms with E-state index in [1.807, 2.05) is 0 Å². The number of rotatable bonds is 4. The maximum atomic E-state index is 12.6. The zero-order valence-corrected chi connectivity index (χ0v) is 12.1. The molecule has 0 saturated carbocycles. The monoisotopic (exact) mass is 316 g/mol. The summed E-state index contributed by atoms with van der Waals surface area (Å²) in [6, 6.07) is 5.38. The molecule has 0 unspecified atom stereocenters. The number of carbonyl (C=O) groups is 1. The molecule has 1 aromatic carbocycles. The van der Waals surface area contributed by atoms with E-state index >= 15 is 0 Å². The number of alkyl halides is 3. The Kier molecular flexibility index (Phi) is 5.28. The number of nitrogens with zero attached hydrogens (tertiary/aromatic N) is 1. The van der Waals surface area contributed by atoms with Gasteiger partial charge in [-0.05, 0) is 30.9 Å². The third kappa shape index (κ3) is 4.91. The molecule has 1 aromatic rings. The number of hydrogen-bond donors (Lipinski definition) is 2. The molecule has 0 aliphatic carbocycles. The largest absolute Gasteiger partial charge is 0.465 e. The van der Waals surface area contributed by atoms with Crippen LogP contribution >= 0.6 is 0 Å². The second-order valence-electron chi connectivity index (χ2n) is 5.51. The van der Waals surface area contributed by atoms with E-state index in [9.17, 15) is 18.0 Å². The number of amides is 1. The SMILES string of the molecule is O=C(O)NC1CCN(CCc2cccc(C(F)(F)F)c2)CC1. The van der Waals surface area contributed by atoms with Crippen molar-refractivity contribution in [2.45, 2.75) is 31.5 Å². The Balaban J connectivity index is 1.81. The number of hydrogen-bond acceptors (Lipinski definition) is 2. The van der Waals surface area contributed by atoms with Gasteiger partial charge in [-0.25, -0.2) is 4.79 Å². The number of likely N-dealkylation sites (tertiary alicyclic amines) is 1. The average Bonchev–Trinajstić information content (AvgIpc) is 2.45. The summed E-state index contributed by atoms with van der Waals surface area (Å²) in [6.07, 6.45) is -3.30. The van der Waals surface area contributed by atoms with E-state index in [1.165, 1.54) is 12.1 Å². The topological polar surface area (TPSA) is 52.6 Å². The second-order valence-corrected chi connectivity index (χ2v) is 5.51. The van der Waals surface area contributed by atoms with Crippen LogP contribution in [0.3, 0.4) is 0 Å². The Morgan fingerprint density at radius 1 is 1.32 bits per heavy atom. The van der Waals surface area contributed by atoms with Crippen molar-refractivity contribution in [2.24, 2.45) is 0 Å². The first-order valence-electron chi connectivity index (χ1n) is 7.22. The van der Waals surface area contributed by atoms with Gasteiger partial charge >= 0.3 is 12.3 Å². The van der Waals surface area contributed by atoms with Gasteiger partial charge in [0.25, 0.3) is 0 Å². The summed E-state index contributed by atoms with van der Waals surface area (Å²) in [5.41, 5.74) is 0.0509. The summed E-state index contributed by atoms with van der Waals surface area (Å²) in [7, 11) is 0. The van der Waals surface area contributed by atoms with Gasteiger partial charge in [0, 0.05) is 25.7 Å². The molecule has 0 aromatic heterocycles. The highest BCUT2D eigenvalue weighted by Crippen LogP contribution is 2.29. The Hall–Kier alpha value is -1.76. The molecular weight excluding hydrogens is 297 g/mol. The summed E-state index contributed by atoms with van der Waals surface area (Å²) >= 11 is 0. The minimum Gasteiger partial charge on any atom is -0.465 e. The van der Waals surface area contributed by atoms with Crippen LogP contribution in [0.4, 0.5) is 18.0 Å². The molecule has 22 heavy (non-hydrogen) atoms. The highest BCUT2D eigenvalue weighted by atomic mass is 19.4. The zero-order chi connectivity index (χ0) is 16.2. The Bertz CT molecular complexity index is 512. The van der Waals surface area contributed by atoms with Crippen LogP contribution in [0.2, 0.25) is 0 Å². The van der Waals surface area contributed by atoms with Gasteiger partial charge in [-0.15, -0.1) is 0 Å². The molecule has 1 heterocycles. The molecule has 0 atom stereocenters. The maximum absolute atomic E-state index is 12.6. The van der Waals surface area contributed by atoms with Gasteiger partial charge < -0.3 is 15.3 Å². The minimum absolute atomic E-state index is 0.0256. The van der Waals surface area contributed by atoms with Crippen molar-refractivity contribution >= 4 is 6.09 Å². The van der Waals surface area contributed by atoms with Gasteiger partial charge in [0.15, 0.2) is 0 Å². The van der Waals surface area contributed by atoms with Crippen LogP contribution in [0.5, 0.6) is 0 Å². The number of halogens is 3. The van der Waals surface area contributed by atoms with Gasteiger partial charge in [-0.2, -0.15) is 13.2 Å². The molecule has 0 radical (unpaired) electrons. The summed E-state index contributed by atoms with van der Waals surface area (Å²) in [5.74, 6) is 0. The van der Waals surface area contributed by atoms with Crippen LogP contribution in [0.15, 0.2) is 24.3 Å². The lowest BCUT2D eigenvalue weighted by molar-refractivity contribution is -0.137. The molecule has 4 nitrogen and oxygen atoms in total. The van der Waals surface area contributed by atoms with E-state index in [0.29, 0.717) is 18.5 Å². The number of piperidine rings is 1. The van der Waals surface area contributed by atoms with E-state index in [2.05, 4.69) is 10.2 Å². The minimum atomic E-state index is -4.31. The van der Waals surface area contributed by atoms with Crippen molar-refractivity contribution in [3.63, 3.8) is 0 Å². The Labute approximate surface area is 126 Å². The quantitative estimate of drug-likeness (QED) is 0.898. The van der Waals surface area contributed by atoms with E-state index < -0.39 is 17.8 Å². The lowest BCUT2D eigenvalue weighted by atomic mass is 10.0. The van der Waals surface area contributed by atoms with Crippen molar-refractivity contribution in [3.05, 3.63) is 35.4 Å². The molecule has 1 aliphatic heterocycles. The fourth-order valence-corrected chi connectivity index (χ4v) is 2.67. The number of benzene rings is 1. The van der Waals surface area contributed by atoms with Gasteiger partial charge in [0.2, 0.25) is 0 Å². The zero-order valence-electron chi connectivity index (χ0n) is 12.1. The molecule has 1 fully saturated rings. The summed E-state index contributed by atoms with van der Waals surface area (Å²) in [5, 5.41) is 11.1. The molecule has 122 valence electrons. The van der Waals surface area contributed by atoms with Crippen LogP contribution in [0.25, 0.3) is 0 Å². The van der Waals surface area contributed by atoms with Crippen molar-refractivity contribution in [2.75, 3.05) is 19.6 Å². The van der Waals surface area contributed by atoms with Gasteiger partial charge in [0.1, 0.15) is 0 Å². The molecule has 1 amide bonds. The van der Waals surface area contributed by atoms with Gasteiger partial charge in [0.05, 0.1) is 5.56 Å². The third-order valence-electron chi connectivity index (χ3n) is 3.89. The predicted octanol–water partition coefficient (Wildman–Crippen LogP) is 2.98. The van der Waals surface area contributed by atoms with Crippen LogP contribution in [-0.4, -0.2) is 41.8 Å². The molecule has 1 saturated heterocycles. The lowest BCUT2D eigenvalue weighted by Crippen LogP contribution is -2.44. The molecule has 7 heteroatoms. The fourth-order valence-electron chi connectivity index (χ4n) is 2.67. The van der Waals surface area contributed by atoms with Crippen molar-refractivity contribution in [1.82, 2.24) is 10.2 Å². The first-order valence-corrected chi connectivity index (χ1v) is 7.22. The van der Waals surface area contributed by atoms with Crippen molar-refractivity contribution in [1.29, 1.82) is 0 Å². The van der Waals surface area contributed by atoms with Crippen LogP contribution in [0, 0.1) is 0 Å². The predicted molar refractivity (Wildman–Crippen MR) is 75.8 cm³/mol. The second kappa shape index (κ2) is 7.00. The van der Waals surface area contributed by atoms with Crippen LogP contribution < -0.4 is 5.32 Å². The highest BCUT2D eigenvalue weighted by molar-refractivity contribution is 5.64. The first-order chi connectivity index (χ1) is 10.3. The van der Waals surface area contributed by atoms with Crippen molar-refractivity contribution in [3.8, 4) is 0 Å². The molecule has 0 bridgehead atoms. The smallest absolute Gasteiger partial charge is 0.416 e. The average molecular weight is 316 g/mol. The Morgan fingerprint density at radius 2 is 2.00 bits per heavy atom. The van der Waals surface area contributed by atoms with Crippen LogP contribution in [-0.2, 0) is 12.6 Å². The van der Waals surface area contributed by atoms with E-state index in [0.717, 1.165) is 32.0 Å². The van der Waals surface area contributed by atoms with Crippen LogP contribution in [0.1, 0.15) is 24.0 Å². The summed E-state index contributed by atoms with van der Waals surface area (Å²) in [6.45, 7) is 2.19. The molecule has 2 N–H and O–H groups in total. The van der Waals surface area contributed by atoms with Gasteiger partial charge in [-0.3, -0.25) is 0 Å². The van der Waals surface area contributed by atoms with E-state index in [4.69, 9.17) is 5.11 Å². The van der Waals surface area contributed by atoms with Crippen molar-refractivity contribution < 1.29 is 23.1 Å². The maximum Gasteiger partial charge on any atom is 0.416 e. The van der Waals surface area contributed by atoms with Gasteiger partial charge in [-0.1, -0.05) is 18.2 Å².